The van der Waals surface area contributed by atoms with Crippen molar-refractivity contribution in [1.29, 1.82) is 0 Å². The Balaban J connectivity index is 1.74. The summed E-state index contributed by atoms with van der Waals surface area (Å²) in [6, 6.07) is 10.2. The van der Waals surface area contributed by atoms with E-state index in [0.717, 1.165) is 6.42 Å². The van der Waals surface area contributed by atoms with Gasteiger partial charge in [0.2, 0.25) is 5.91 Å². The smallest absolute Gasteiger partial charge is 0.358 e. The third-order valence-electron chi connectivity index (χ3n) is 4.75. The summed E-state index contributed by atoms with van der Waals surface area (Å²) in [5.41, 5.74) is 0.756. The maximum atomic E-state index is 12.7. The number of carbonyl (C=O) groups excluding carboxylic acids is 1. The van der Waals surface area contributed by atoms with Gasteiger partial charge >= 0.3 is 5.97 Å². The van der Waals surface area contributed by atoms with Gasteiger partial charge in [-0.1, -0.05) is 35.5 Å². The van der Waals surface area contributed by atoms with E-state index < -0.39 is 5.97 Å². The van der Waals surface area contributed by atoms with Crippen LogP contribution in [-0.4, -0.2) is 49.0 Å². The molecule has 0 saturated carbocycles. The van der Waals surface area contributed by atoms with Gasteiger partial charge in [-0.3, -0.25) is 4.79 Å². The summed E-state index contributed by atoms with van der Waals surface area (Å²) < 4.78 is 1.28. The van der Waals surface area contributed by atoms with Crippen molar-refractivity contribution < 1.29 is 14.7 Å². The molecule has 2 aromatic rings. The number of benzene rings is 1. The zero-order chi connectivity index (χ0) is 17.3. The lowest BCUT2D eigenvalue weighted by Gasteiger charge is -2.36. The van der Waals surface area contributed by atoms with Crippen LogP contribution >= 0.6 is 0 Å². The van der Waals surface area contributed by atoms with E-state index in [4.69, 9.17) is 5.11 Å². The summed E-state index contributed by atoms with van der Waals surface area (Å²) in [6.45, 7) is 4.80. The lowest BCUT2D eigenvalue weighted by molar-refractivity contribution is -0.135. The molecule has 1 saturated heterocycles. The predicted molar refractivity (Wildman–Crippen MR) is 86.6 cm³/mol. The Morgan fingerprint density at radius 3 is 2.62 bits per heavy atom. The molecule has 1 unspecified atom stereocenters. The number of hydrogen-bond donors (Lipinski definition) is 1. The van der Waals surface area contributed by atoms with Gasteiger partial charge in [-0.15, -0.1) is 5.10 Å². The summed E-state index contributed by atoms with van der Waals surface area (Å²) in [6.07, 6.45) is 2.18. The highest BCUT2D eigenvalue weighted by Crippen LogP contribution is 2.41. The molecular formula is C17H20N4O3. The standard InChI is InChI=1S/C17H20N4O3/c1-17(2)13(12-6-4-3-5-7-12)8-9-21(17)15(22)11-20-10-14(16(23)24)18-19-20/h3-7,10,13H,8-9,11H2,1-2H3,(H,23,24). The van der Waals surface area contributed by atoms with Crippen LogP contribution in [0.15, 0.2) is 36.5 Å². The van der Waals surface area contributed by atoms with Gasteiger partial charge in [-0.25, -0.2) is 9.48 Å². The molecular weight excluding hydrogens is 308 g/mol. The van der Waals surface area contributed by atoms with Gasteiger partial charge in [0.15, 0.2) is 5.69 Å². The lowest BCUT2D eigenvalue weighted by atomic mass is 9.83. The summed E-state index contributed by atoms with van der Waals surface area (Å²) in [5.74, 6) is -0.965. The predicted octanol–water partition coefficient (Wildman–Crippen LogP) is 1.77. The van der Waals surface area contributed by atoms with Crippen LogP contribution in [0.5, 0.6) is 0 Å². The van der Waals surface area contributed by atoms with Crippen molar-refractivity contribution in [3.8, 4) is 0 Å². The fourth-order valence-corrected chi connectivity index (χ4v) is 3.49. The molecule has 0 bridgehead atoms. The Hall–Kier alpha value is -2.70. The minimum Gasteiger partial charge on any atom is -0.476 e. The lowest BCUT2D eigenvalue weighted by Crippen LogP contribution is -2.46. The first-order valence-corrected chi connectivity index (χ1v) is 7.88. The number of hydrogen-bond acceptors (Lipinski definition) is 4. The van der Waals surface area contributed by atoms with Crippen LogP contribution in [0.25, 0.3) is 0 Å². The number of carbonyl (C=O) groups is 2. The number of carboxylic acid groups (broad SMARTS) is 1. The first kappa shape index (κ1) is 16.2. The fraction of sp³-hybridized carbons (Fsp3) is 0.412. The summed E-state index contributed by atoms with van der Waals surface area (Å²) >= 11 is 0. The second kappa shape index (κ2) is 6.07. The number of nitrogens with zero attached hydrogens (tertiary/aromatic N) is 4. The maximum absolute atomic E-state index is 12.7. The van der Waals surface area contributed by atoms with Crippen molar-refractivity contribution in [3.63, 3.8) is 0 Å². The third-order valence-corrected chi connectivity index (χ3v) is 4.75. The van der Waals surface area contributed by atoms with Crippen LogP contribution in [0.1, 0.15) is 42.2 Å². The van der Waals surface area contributed by atoms with Crippen molar-refractivity contribution >= 4 is 11.9 Å². The van der Waals surface area contributed by atoms with Gasteiger partial charge in [0.05, 0.1) is 6.20 Å². The molecule has 2 heterocycles. The Kier molecular flexibility index (Phi) is 4.09. The number of aromatic carboxylic acids is 1. The third kappa shape index (κ3) is 2.89. The molecule has 1 aromatic heterocycles. The van der Waals surface area contributed by atoms with Crippen LogP contribution in [0.4, 0.5) is 0 Å². The minimum absolute atomic E-state index is 0.00871. The first-order chi connectivity index (χ1) is 11.4. The molecule has 7 nitrogen and oxygen atoms in total. The second-order valence-corrected chi connectivity index (χ2v) is 6.56. The normalized spacial score (nSPS) is 19.4. The molecule has 0 spiro atoms. The van der Waals surface area contributed by atoms with E-state index in [2.05, 4.69) is 36.3 Å². The highest BCUT2D eigenvalue weighted by Gasteiger charge is 2.44. The van der Waals surface area contributed by atoms with Crippen LogP contribution in [0.3, 0.4) is 0 Å². The van der Waals surface area contributed by atoms with E-state index in [1.165, 1.54) is 16.4 Å². The van der Waals surface area contributed by atoms with Crippen LogP contribution in [0, 0.1) is 0 Å². The van der Waals surface area contributed by atoms with Crippen molar-refractivity contribution in [2.24, 2.45) is 0 Å². The van der Waals surface area contributed by atoms with Crippen molar-refractivity contribution in [3.05, 3.63) is 47.8 Å². The number of likely N-dealkylation sites (tertiary alicyclic amines) is 1. The van der Waals surface area contributed by atoms with E-state index in [1.807, 2.05) is 23.1 Å². The van der Waals surface area contributed by atoms with E-state index in [9.17, 15) is 9.59 Å². The van der Waals surface area contributed by atoms with Gasteiger partial charge in [0, 0.05) is 18.0 Å². The first-order valence-electron chi connectivity index (χ1n) is 7.88. The fourth-order valence-electron chi connectivity index (χ4n) is 3.49. The SMILES string of the molecule is CC1(C)C(c2ccccc2)CCN1C(=O)Cn1cc(C(=O)O)nn1. The van der Waals surface area contributed by atoms with Gasteiger partial charge in [0.1, 0.15) is 6.54 Å². The van der Waals surface area contributed by atoms with Gasteiger partial charge < -0.3 is 10.0 Å². The van der Waals surface area contributed by atoms with Crippen molar-refractivity contribution in [2.75, 3.05) is 6.54 Å². The average molecular weight is 328 g/mol. The molecule has 0 aliphatic carbocycles. The molecule has 126 valence electrons. The number of rotatable bonds is 4. The van der Waals surface area contributed by atoms with Crippen LogP contribution in [0.2, 0.25) is 0 Å². The Bertz CT molecular complexity index is 754. The number of amides is 1. The van der Waals surface area contributed by atoms with Gasteiger partial charge in [-0.05, 0) is 25.8 Å². The summed E-state index contributed by atoms with van der Waals surface area (Å²) in [7, 11) is 0. The molecule has 3 rings (SSSR count). The monoisotopic (exact) mass is 328 g/mol. The van der Waals surface area contributed by atoms with Gasteiger partial charge in [-0.2, -0.15) is 0 Å². The Morgan fingerprint density at radius 2 is 2.00 bits per heavy atom. The van der Waals surface area contributed by atoms with Crippen LogP contribution in [-0.2, 0) is 11.3 Å². The largest absolute Gasteiger partial charge is 0.476 e. The summed E-state index contributed by atoms with van der Waals surface area (Å²) in [4.78, 5) is 25.4. The van der Waals surface area contributed by atoms with E-state index in [0.29, 0.717) is 6.54 Å². The quantitative estimate of drug-likeness (QED) is 0.924. The molecule has 24 heavy (non-hydrogen) atoms. The molecule has 1 aromatic carbocycles. The Labute approximate surface area is 139 Å². The van der Waals surface area contributed by atoms with Crippen molar-refractivity contribution in [1.82, 2.24) is 19.9 Å². The van der Waals surface area contributed by atoms with Gasteiger partial charge in [0.25, 0.3) is 0 Å². The van der Waals surface area contributed by atoms with E-state index in [-0.39, 0.29) is 29.6 Å². The van der Waals surface area contributed by atoms with E-state index in [1.54, 1.807) is 0 Å². The topological polar surface area (TPSA) is 88.3 Å². The highest BCUT2D eigenvalue weighted by atomic mass is 16.4. The molecule has 1 amide bonds. The molecule has 0 radical (unpaired) electrons. The molecule has 7 heteroatoms. The molecule has 1 fully saturated rings. The Morgan fingerprint density at radius 1 is 1.29 bits per heavy atom. The molecule has 1 atom stereocenters. The number of carboxylic acids is 1. The van der Waals surface area contributed by atoms with Crippen molar-refractivity contribution in [2.45, 2.75) is 38.3 Å². The molecule has 1 aliphatic heterocycles. The zero-order valence-electron chi connectivity index (χ0n) is 13.7. The molecule has 1 N–H and O–H groups in total. The average Bonchev–Trinajstić information content (AvgIpc) is 3.12. The highest BCUT2D eigenvalue weighted by molar-refractivity contribution is 5.85. The second-order valence-electron chi connectivity index (χ2n) is 6.56. The summed E-state index contributed by atoms with van der Waals surface area (Å²) in [5, 5.41) is 16.1. The van der Waals surface area contributed by atoms with Crippen LogP contribution < -0.4 is 0 Å². The number of aromatic nitrogens is 3. The molecule has 1 aliphatic rings. The minimum atomic E-state index is -1.15. The van der Waals surface area contributed by atoms with E-state index >= 15 is 0 Å². The maximum Gasteiger partial charge on any atom is 0.358 e. The zero-order valence-corrected chi connectivity index (χ0v) is 13.7.